The lowest BCUT2D eigenvalue weighted by Crippen LogP contribution is -2.45. The zero-order valence-electron chi connectivity index (χ0n) is 14.1. The van der Waals surface area contributed by atoms with Gasteiger partial charge >= 0.3 is 0 Å². The number of anilines is 1. The van der Waals surface area contributed by atoms with Gasteiger partial charge in [-0.1, -0.05) is 27.7 Å². The maximum absolute atomic E-state index is 9.72. The zero-order valence-corrected chi connectivity index (χ0v) is 14.1. The van der Waals surface area contributed by atoms with Crippen molar-refractivity contribution in [2.75, 3.05) is 25.0 Å². The maximum atomic E-state index is 9.72. The van der Waals surface area contributed by atoms with Crippen LogP contribution in [0.5, 0.6) is 0 Å². The highest BCUT2D eigenvalue weighted by Gasteiger charge is 2.37. The van der Waals surface area contributed by atoms with Crippen molar-refractivity contribution in [1.82, 2.24) is 4.90 Å². The first-order valence-electron chi connectivity index (χ1n) is 8.12. The number of aliphatic hydroxyl groups is 1. The molecule has 1 aliphatic rings. The Kier molecular flexibility index (Phi) is 5.10. The van der Waals surface area contributed by atoms with Crippen molar-refractivity contribution < 1.29 is 5.11 Å². The van der Waals surface area contributed by atoms with E-state index in [1.54, 1.807) is 0 Å². The van der Waals surface area contributed by atoms with Gasteiger partial charge in [0.15, 0.2) is 0 Å². The summed E-state index contributed by atoms with van der Waals surface area (Å²) in [6.07, 6.45) is 0.942. The van der Waals surface area contributed by atoms with Crippen molar-refractivity contribution in [3.63, 3.8) is 0 Å². The van der Waals surface area contributed by atoms with Gasteiger partial charge in [0.2, 0.25) is 0 Å². The Morgan fingerprint density at radius 1 is 1.36 bits per heavy atom. The third-order valence-corrected chi connectivity index (χ3v) is 4.93. The van der Waals surface area contributed by atoms with Crippen LogP contribution in [0.15, 0.2) is 18.2 Å². The maximum Gasteiger partial charge on any atom is 0.0991 e. The minimum absolute atomic E-state index is 0.154. The summed E-state index contributed by atoms with van der Waals surface area (Å²) in [5.74, 6) is 0. The van der Waals surface area contributed by atoms with Crippen LogP contribution in [0.25, 0.3) is 0 Å². The van der Waals surface area contributed by atoms with E-state index in [-0.39, 0.29) is 24.1 Å². The Bertz CT molecular complexity index is 558. The quantitative estimate of drug-likeness (QED) is 0.877. The zero-order chi connectivity index (χ0) is 16.3. The number of nitrogens with zero attached hydrogens (tertiary/aromatic N) is 2. The van der Waals surface area contributed by atoms with Crippen LogP contribution in [0.1, 0.15) is 51.3 Å². The third-order valence-electron chi connectivity index (χ3n) is 4.93. The van der Waals surface area contributed by atoms with E-state index in [4.69, 9.17) is 0 Å². The molecule has 120 valence electrons. The summed E-state index contributed by atoms with van der Waals surface area (Å²) >= 11 is 0. The Hall–Kier alpha value is -1.57. The van der Waals surface area contributed by atoms with E-state index in [9.17, 15) is 10.4 Å². The molecule has 22 heavy (non-hydrogen) atoms. The van der Waals surface area contributed by atoms with E-state index in [1.165, 1.54) is 5.56 Å². The molecule has 1 aliphatic heterocycles. The van der Waals surface area contributed by atoms with E-state index >= 15 is 0 Å². The number of aliphatic hydroxyl groups excluding tert-OH is 1. The molecule has 2 rings (SSSR count). The van der Waals surface area contributed by atoms with Crippen molar-refractivity contribution in [1.29, 1.82) is 5.26 Å². The minimum Gasteiger partial charge on any atom is -0.396 e. The molecule has 4 heteroatoms. The van der Waals surface area contributed by atoms with Crippen molar-refractivity contribution in [2.24, 2.45) is 5.41 Å². The Balaban J connectivity index is 2.45. The Labute approximate surface area is 133 Å². The van der Waals surface area contributed by atoms with Crippen molar-refractivity contribution >= 4 is 5.69 Å². The van der Waals surface area contributed by atoms with Gasteiger partial charge in [-0.3, -0.25) is 4.90 Å². The fourth-order valence-electron chi connectivity index (χ4n) is 3.27. The molecule has 0 saturated carbocycles. The van der Waals surface area contributed by atoms with Gasteiger partial charge in [-0.05, 0) is 43.3 Å². The van der Waals surface area contributed by atoms with Crippen LogP contribution in [0, 0.1) is 16.7 Å². The van der Waals surface area contributed by atoms with Gasteiger partial charge in [-0.15, -0.1) is 0 Å². The molecule has 4 nitrogen and oxygen atoms in total. The first-order chi connectivity index (χ1) is 10.5. The molecule has 1 aromatic rings. The monoisotopic (exact) mass is 301 g/mol. The first-order valence-corrected chi connectivity index (χ1v) is 8.12. The lowest BCUT2D eigenvalue weighted by atomic mass is 9.77. The highest BCUT2D eigenvalue weighted by molar-refractivity contribution is 5.59. The van der Waals surface area contributed by atoms with Gasteiger partial charge < -0.3 is 10.4 Å². The second-order valence-corrected chi connectivity index (χ2v) is 6.73. The molecule has 0 spiro atoms. The smallest absolute Gasteiger partial charge is 0.0991 e. The lowest BCUT2D eigenvalue weighted by molar-refractivity contribution is 0.108. The summed E-state index contributed by atoms with van der Waals surface area (Å²) in [5, 5.41) is 22.5. The van der Waals surface area contributed by atoms with Gasteiger partial charge in [0, 0.05) is 23.2 Å². The number of rotatable bonds is 5. The fourth-order valence-corrected chi connectivity index (χ4v) is 3.27. The lowest BCUT2D eigenvalue weighted by Gasteiger charge is -2.44. The molecule has 0 fully saturated rings. The second-order valence-electron chi connectivity index (χ2n) is 6.73. The molecule has 0 amide bonds. The molecule has 0 aliphatic carbocycles. The summed E-state index contributed by atoms with van der Waals surface area (Å²) in [6.45, 7) is 10.6. The van der Waals surface area contributed by atoms with Crippen LogP contribution >= 0.6 is 0 Å². The standard InChI is InChI=1S/C18H27N3O/c1-5-21(6-2)16-10-17(18(3,4)12-22)20-15-8-7-13(11-19)9-14(15)16/h7-9,16-17,20,22H,5-6,10,12H2,1-4H3. The number of hydrogen-bond donors (Lipinski definition) is 2. The van der Waals surface area contributed by atoms with E-state index in [2.05, 4.69) is 44.0 Å². The van der Waals surface area contributed by atoms with Crippen LogP contribution in [0.2, 0.25) is 0 Å². The van der Waals surface area contributed by atoms with E-state index in [0.29, 0.717) is 5.56 Å². The number of hydrogen-bond acceptors (Lipinski definition) is 4. The first kappa shape index (κ1) is 16.8. The SMILES string of the molecule is CCN(CC)C1CC(C(C)(C)CO)Nc2ccc(C#N)cc21. The summed E-state index contributed by atoms with van der Waals surface area (Å²) in [5.41, 5.74) is 2.82. The van der Waals surface area contributed by atoms with E-state index < -0.39 is 0 Å². The highest BCUT2D eigenvalue weighted by Crippen LogP contribution is 2.41. The average Bonchev–Trinajstić information content (AvgIpc) is 2.55. The van der Waals surface area contributed by atoms with Gasteiger partial charge in [0.1, 0.15) is 0 Å². The van der Waals surface area contributed by atoms with Crippen LogP contribution in [-0.4, -0.2) is 35.7 Å². The van der Waals surface area contributed by atoms with Crippen LogP contribution in [0.4, 0.5) is 5.69 Å². The summed E-state index contributed by atoms with van der Waals surface area (Å²) in [6, 6.07) is 8.61. The molecule has 1 heterocycles. The summed E-state index contributed by atoms with van der Waals surface area (Å²) in [7, 11) is 0. The molecular formula is C18H27N3O. The van der Waals surface area contributed by atoms with Crippen molar-refractivity contribution in [3.05, 3.63) is 29.3 Å². The molecule has 2 N–H and O–H groups in total. The van der Waals surface area contributed by atoms with Gasteiger partial charge in [-0.2, -0.15) is 5.26 Å². The molecule has 0 radical (unpaired) electrons. The van der Waals surface area contributed by atoms with Gasteiger partial charge in [0.25, 0.3) is 0 Å². The molecule has 1 aromatic carbocycles. The van der Waals surface area contributed by atoms with E-state index in [1.807, 2.05) is 18.2 Å². The largest absolute Gasteiger partial charge is 0.396 e. The topological polar surface area (TPSA) is 59.3 Å². The van der Waals surface area contributed by atoms with Crippen LogP contribution in [0.3, 0.4) is 0 Å². The van der Waals surface area contributed by atoms with Crippen molar-refractivity contribution in [2.45, 2.75) is 46.2 Å². The number of nitriles is 1. The van der Waals surface area contributed by atoms with Crippen LogP contribution in [-0.2, 0) is 0 Å². The second kappa shape index (κ2) is 6.68. The number of nitrogens with one attached hydrogen (secondary N) is 1. The van der Waals surface area contributed by atoms with Crippen LogP contribution < -0.4 is 5.32 Å². The molecular weight excluding hydrogens is 274 g/mol. The molecule has 2 unspecified atom stereocenters. The summed E-state index contributed by atoms with van der Waals surface area (Å²) < 4.78 is 0. The molecule has 0 aromatic heterocycles. The van der Waals surface area contributed by atoms with E-state index in [0.717, 1.165) is 25.2 Å². The van der Waals surface area contributed by atoms with Gasteiger partial charge in [-0.25, -0.2) is 0 Å². The molecule has 2 atom stereocenters. The predicted octanol–water partition coefficient (Wildman–Crippen LogP) is 3.14. The number of benzene rings is 1. The molecule has 0 bridgehead atoms. The van der Waals surface area contributed by atoms with Crippen molar-refractivity contribution in [3.8, 4) is 6.07 Å². The normalized spacial score (nSPS) is 21.1. The minimum atomic E-state index is -0.184. The Morgan fingerprint density at radius 3 is 2.59 bits per heavy atom. The average molecular weight is 301 g/mol. The molecule has 0 saturated heterocycles. The van der Waals surface area contributed by atoms with Gasteiger partial charge in [0.05, 0.1) is 18.2 Å². The third kappa shape index (κ3) is 3.11. The number of fused-ring (bicyclic) bond motifs is 1. The fraction of sp³-hybridized carbons (Fsp3) is 0.611. The predicted molar refractivity (Wildman–Crippen MR) is 89.7 cm³/mol. The summed E-state index contributed by atoms with van der Waals surface area (Å²) in [4.78, 5) is 2.43. The highest BCUT2D eigenvalue weighted by atomic mass is 16.3. The Morgan fingerprint density at radius 2 is 2.05 bits per heavy atom.